The van der Waals surface area contributed by atoms with Crippen LogP contribution in [0.25, 0.3) is 0 Å². The van der Waals surface area contributed by atoms with Crippen LogP contribution in [0.4, 0.5) is 25.8 Å². The number of halogens is 2. The first-order valence-electron chi connectivity index (χ1n) is 9.91. The summed E-state index contributed by atoms with van der Waals surface area (Å²) in [5.41, 5.74) is 1.11. The lowest BCUT2D eigenvalue weighted by molar-refractivity contribution is -0.122. The second kappa shape index (κ2) is 8.33. The number of hydrogen-bond donors (Lipinski definition) is 1. The fraction of sp³-hybridized carbons (Fsp3) is 0.318. The minimum absolute atomic E-state index is 0.0128. The van der Waals surface area contributed by atoms with Crippen LogP contribution < -0.4 is 19.9 Å². The number of nitrogens with zero attached hydrogens (tertiary/aromatic N) is 2. The number of benzene rings is 2. The van der Waals surface area contributed by atoms with Gasteiger partial charge in [-0.3, -0.25) is 14.4 Å². The molecule has 162 valence electrons. The van der Waals surface area contributed by atoms with Gasteiger partial charge in [0.25, 0.3) is 0 Å². The first-order chi connectivity index (χ1) is 14.9. The molecule has 1 N–H and O–H groups in total. The fourth-order valence-electron chi connectivity index (χ4n) is 3.95. The molecule has 2 saturated heterocycles. The third-order valence-electron chi connectivity index (χ3n) is 5.47. The molecule has 9 heteroatoms. The van der Waals surface area contributed by atoms with E-state index in [9.17, 15) is 23.2 Å². The predicted molar refractivity (Wildman–Crippen MR) is 110 cm³/mol. The lowest BCUT2D eigenvalue weighted by Crippen LogP contribution is -2.28. The van der Waals surface area contributed by atoms with Gasteiger partial charge in [0.05, 0.1) is 18.7 Å². The van der Waals surface area contributed by atoms with Crippen molar-refractivity contribution in [1.82, 2.24) is 0 Å². The maximum Gasteiger partial charge on any atom is 0.229 e. The van der Waals surface area contributed by atoms with E-state index in [4.69, 9.17) is 4.74 Å². The molecule has 2 aromatic carbocycles. The smallest absolute Gasteiger partial charge is 0.229 e. The van der Waals surface area contributed by atoms with Gasteiger partial charge in [-0.05, 0) is 36.8 Å². The summed E-state index contributed by atoms with van der Waals surface area (Å²) in [6.07, 6.45) is 1.14. The fourth-order valence-corrected chi connectivity index (χ4v) is 3.95. The van der Waals surface area contributed by atoms with Gasteiger partial charge in [0, 0.05) is 43.4 Å². The Bertz CT molecular complexity index is 1040. The Hall–Kier alpha value is -3.49. The lowest BCUT2D eigenvalue weighted by Gasteiger charge is -2.20. The standard InChI is InChI=1S/C22H21F2N3O4/c1-31-19-5-4-16(11-18(19)26-6-2-3-20(26)28)25-22(30)13-7-21(29)27(12-13)17-9-14(23)8-15(24)10-17/h4-5,8-11,13H,2-3,6-7,12H2,1H3,(H,25,30). The monoisotopic (exact) mass is 429 g/mol. The summed E-state index contributed by atoms with van der Waals surface area (Å²) in [4.78, 5) is 40.1. The molecule has 0 spiro atoms. The van der Waals surface area contributed by atoms with E-state index in [1.165, 1.54) is 12.0 Å². The number of nitrogens with one attached hydrogen (secondary N) is 1. The van der Waals surface area contributed by atoms with Crippen LogP contribution in [0.3, 0.4) is 0 Å². The molecule has 0 aliphatic carbocycles. The summed E-state index contributed by atoms with van der Waals surface area (Å²) in [5, 5.41) is 2.77. The van der Waals surface area contributed by atoms with Crippen molar-refractivity contribution in [2.45, 2.75) is 19.3 Å². The topological polar surface area (TPSA) is 79.0 Å². The summed E-state index contributed by atoms with van der Waals surface area (Å²) in [6, 6.07) is 7.82. The molecular weight excluding hydrogens is 408 g/mol. The molecule has 1 atom stereocenters. The number of methoxy groups -OCH3 is 1. The quantitative estimate of drug-likeness (QED) is 0.792. The summed E-state index contributed by atoms with van der Waals surface area (Å²) >= 11 is 0. The highest BCUT2D eigenvalue weighted by Crippen LogP contribution is 2.34. The summed E-state index contributed by atoms with van der Waals surface area (Å²) in [7, 11) is 1.51. The Morgan fingerprint density at radius 1 is 1.06 bits per heavy atom. The zero-order valence-corrected chi connectivity index (χ0v) is 16.9. The normalized spacial score (nSPS) is 18.6. The second-order valence-corrected chi connectivity index (χ2v) is 7.56. The minimum Gasteiger partial charge on any atom is -0.495 e. The van der Waals surface area contributed by atoms with Gasteiger partial charge in [-0.15, -0.1) is 0 Å². The largest absolute Gasteiger partial charge is 0.495 e. The molecule has 2 aliphatic rings. The van der Waals surface area contributed by atoms with E-state index in [1.807, 2.05) is 0 Å². The van der Waals surface area contributed by atoms with Crippen molar-refractivity contribution >= 4 is 34.8 Å². The first kappa shape index (κ1) is 20.8. The van der Waals surface area contributed by atoms with Crippen LogP contribution in [0.1, 0.15) is 19.3 Å². The molecule has 4 rings (SSSR count). The van der Waals surface area contributed by atoms with E-state index in [0.717, 1.165) is 24.6 Å². The predicted octanol–water partition coefficient (Wildman–Crippen LogP) is 3.09. The zero-order chi connectivity index (χ0) is 22.1. The van der Waals surface area contributed by atoms with Crippen molar-refractivity contribution in [1.29, 1.82) is 0 Å². The van der Waals surface area contributed by atoms with Crippen molar-refractivity contribution in [2.24, 2.45) is 5.92 Å². The first-order valence-corrected chi connectivity index (χ1v) is 9.91. The molecule has 0 bridgehead atoms. The summed E-state index contributed by atoms with van der Waals surface area (Å²) in [6.45, 7) is 0.587. The number of carbonyl (C=O) groups is 3. The lowest BCUT2D eigenvalue weighted by atomic mass is 10.1. The van der Waals surface area contributed by atoms with Crippen LogP contribution in [0.15, 0.2) is 36.4 Å². The number of ether oxygens (including phenoxy) is 1. The van der Waals surface area contributed by atoms with Gasteiger partial charge in [-0.1, -0.05) is 0 Å². The van der Waals surface area contributed by atoms with Crippen LogP contribution >= 0.6 is 0 Å². The van der Waals surface area contributed by atoms with Crippen molar-refractivity contribution in [3.63, 3.8) is 0 Å². The molecule has 3 amide bonds. The summed E-state index contributed by atoms with van der Waals surface area (Å²) in [5.74, 6) is -2.54. The van der Waals surface area contributed by atoms with Crippen molar-refractivity contribution < 1.29 is 27.9 Å². The van der Waals surface area contributed by atoms with Crippen molar-refractivity contribution in [2.75, 3.05) is 35.3 Å². The molecule has 1 unspecified atom stereocenters. The number of rotatable bonds is 5. The van der Waals surface area contributed by atoms with Crippen LogP contribution in [0, 0.1) is 17.6 Å². The van der Waals surface area contributed by atoms with Crippen LogP contribution in [-0.2, 0) is 14.4 Å². The highest BCUT2D eigenvalue weighted by Gasteiger charge is 2.35. The average Bonchev–Trinajstić information content (AvgIpc) is 3.32. The number of hydrogen-bond acceptors (Lipinski definition) is 4. The van der Waals surface area contributed by atoms with E-state index >= 15 is 0 Å². The van der Waals surface area contributed by atoms with Gasteiger partial charge in [-0.2, -0.15) is 0 Å². The van der Waals surface area contributed by atoms with E-state index < -0.39 is 23.5 Å². The maximum absolute atomic E-state index is 13.5. The number of carbonyl (C=O) groups excluding carboxylic acids is 3. The van der Waals surface area contributed by atoms with E-state index in [-0.39, 0.29) is 30.5 Å². The Kier molecular flexibility index (Phi) is 5.58. The van der Waals surface area contributed by atoms with Crippen LogP contribution in [0.5, 0.6) is 5.75 Å². The molecule has 2 aromatic rings. The Morgan fingerprint density at radius 3 is 2.45 bits per heavy atom. The number of anilines is 3. The van der Waals surface area contributed by atoms with Gasteiger partial charge >= 0.3 is 0 Å². The van der Waals surface area contributed by atoms with Crippen molar-refractivity contribution in [3.05, 3.63) is 48.0 Å². The Balaban J connectivity index is 1.50. The molecule has 0 saturated carbocycles. The molecule has 7 nitrogen and oxygen atoms in total. The third kappa shape index (κ3) is 4.21. The van der Waals surface area contributed by atoms with E-state index in [2.05, 4.69) is 5.32 Å². The maximum atomic E-state index is 13.5. The van der Waals surface area contributed by atoms with Gasteiger partial charge in [-0.25, -0.2) is 8.78 Å². The van der Waals surface area contributed by atoms with Crippen LogP contribution in [-0.4, -0.2) is 37.9 Å². The van der Waals surface area contributed by atoms with Gasteiger partial charge < -0.3 is 19.9 Å². The molecule has 0 radical (unpaired) electrons. The molecule has 2 aliphatic heterocycles. The summed E-state index contributed by atoms with van der Waals surface area (Å²) < 4.78 is 32.4. The minimum atomic E-state index is -0.794. The second-order valence-electron chi connectivity index (χ2n) is 7.56. The molecule has 2 heterocycles. The van der Waals surface area contributed by atoms with Crippen molar-refractivity contribution in [3.8, 4) is 5.75 Å². The van der Waals surface area contributed by atoms with E-state index in [0.29, 0.717) is 30.1 Å². The molecular formula is C22H21F2N3O4. The third-order valence-corrected chi connectivity index (χ3v) is 5.47. The number of amides is 3. The zero-order valence-electron chi connectivity index (χ0n) is 16.9. The highest BCUT2D eigenvalue weighted by molar-refractivity contribution is 6.04. The van der Waals surface area contributed by atoms with Gasteiger partial charge in [0.15, 0.2) is 0 Å². The van der Waals surface area contributed by atoms with Gasteiger partial charge in [0.1, 0.15) is 17.4 Å². The van der Waals surface area contributed by atoms with E-state index in [1.54, 1.807) is 23.1 Å². The Morgan fingerprint density at radius 2 is 1.81 bits per heavy atom. The van der Waals surface area contributed by atoms with Gasteiger partial charge in [0.2, 0.25) is 17.7 Å². The Labute approximate surface area is 177 Å². The molecule has 31 heavy (non-hydrogen) atoms. The SMILES string of the molecule is COc1ccc(NC(=O)C2CC(=O)N(c3cc(F)cc(F)c3)C2)cc1N1CCCC1=O. The average molecular weight is 429 g/mol. The molecule has 0 aromatic heterocycles. The molecule has 2 fully saturated rings. The van der Waals surface area contributed by atoms with Crippen LogP contribution in [0.2, 0.25) is 0 Å². The highest BCUT2D eigenvalue weighted by atomic mass is 19.1.